The van der Waals surface area contributed by atoms with Crippen molar-refractivity contribution in [1.82, 2.24) is 10.8 Å². The summed E-state index contributed by atoms with van der Waals surface area (Å²) < 4.78 is 5.67. The number of hydrogen-bond donors (Lipinski definition) is 4. The van der Waals surface area contributed by atoms with E-state index in [-0.39, 0.29) is 29.9 Å². The van der Waals surface area contributed by atoms with Crippen LogP contribution < -0.4 is 10.8 Å². The lowest BCUT2D eigenvalue weighted by atomic mass is 10.1. The van der Waals surface area contributed by atoms with Crippen molar-refractivity contribution in [2.45, 2.75) is 57.7 Å². The zero-order chi connectivity index (χ0) is 20.7. The van der Waals surface area contributed by atoms with Crippen LogP contribution >= 0.6 is 0 Å². The molecule has 8 heteroatoms. The van der Waals surface area contributed by atoms with E-state index in [2.05, 4.69) is 10.8 Å². The summed E-state index contributed by atoms with van der Waals surface area (Å²) in [5.41, 5.74) is 2.54. The normalized spacial score (nSPS) is 18.5. The second-order valence-electron chi connectivity index (χ2n) is 7.71. The Morgan fingerprint density at radius 2 is 2.00 bits per heavy atom. The third-order valence-corrected chi connectivity index (χ3v) is 4.05. The van der Waals surface area contributed by atoms with Crippen molar-refractivity contribution in [2.75, 3.05) is 6.54 Å². The smallest absolute Gasteiger partial charge is 0.324 e. The highest BCUT2D eigenvalue weighted by Crippen LogP contribution is 2.17. The first-order valence-corrected chi connectivity index (χ1v) is 9.25. The number of ketones is 1. The molecule has 0 radical (unpaired) electrons. The van der Waals surface area contributed by atoms with Crippen molar-refractivity contribution in [3.05, 3.63) is 41.9 Å². The first-order valence-electron chi connectivity index (χ1n) is 9.25. The van der Waals surface area contributed by atoms with Crippen LogP contribution in [0.5, 0.6) is 5.75 Å². The topological polar surface area (TPSA) is 117 Å². The molecule has 0 unspecified atom stereocenters. The van der Waals surface area contributed by atoms with E-state index in [1.165, 1.54) is 18.2 Å². The fourth-order valence-electron chi connectivity index (χ4n) is 2.70. The predicted molar refractivity (Wildman–Crippen MR) is 102 cm³/mol. The van der Waals surface area contributed by atoms with Gasteiger partial charge in [-0.15, -0.1) is 5.48 Å². The van der Waals surface area contributed by atoms with Gasteiger partial charge in [-0.1, -0.05) is 12.1 Å². The Balaban J connectivity index is 2.06. The summed E-state index contributed by atoms with van der Waals surface area (Å²) >= 11 is 0. The average Bonchev–Trinajstić information content (AvgIpc) is 3.13. The van der Waals surface area contributed by atoms with E-state index >= 15 is 0 Å². The number of ether oxygens (including phenoxy) is 1. The quantitative estimate of drug-likeness (QED) is 0.286. The van der Waals surface area contributed by atoms with Gasteiger partial charge in [0.25, 0.3) is 0 Å². The van der Waals surface area contributed by atoms with Crippen molar-refractivity contribution < 1.29 is 29.4 Å². The Morgan fingerprint density at radius 3 is 2.54 bits per heavy atom. The molecule has 8 nitrogen and oxygen atoms in total. The van der Waals surface area contributed by atoms with Crippen molar-refractivity contribution in [3.8, 4) is 5.75 Å². The molecule has 154 valence electrons. The molecule has 1 heterocycles. The fraction of sp³-hybridized carbons (Fsp3) is 0.500. The molecule has 0 spiro atoms. The monoisotopic (exact) mass is 392 g/mol. The number of hydrogen-bond acceptors (Lipinski definition) is 7. The molecule has 1 aromatic rings. The maximum Gasteiger partial charge on any atom is 0.324 e. The van der Waals surface area contributed by atoms with Crippen LogP contribution in [0.3, 0.4) is 0 Å². The molecule has 0 bridgehead atoms. The molecular weight excluding hydrogens is 364 g/mol. The van der Waals surface area contributed by atoms with E-state index in [4.69, 9.17) is 9.57 Å². The Morgan fingerprint density at radius 1 is 1.32 bits per heavy atom. The minimum Gasteiger partial charge on any atom is -0.508 e. The summed E-state index contributed by atoms with van der Waals surface area (Å²) in [4.78, 5) is 29.3. The Bertz CT molecular complexity index is 702. The Hall–Kier alpha value is -2.58. The molecule has 0 saturated carbocycles. The molecule has 1 saturated heterocycles. The van der Waals surface area contributed by atoms with E-state index in [0.717, 1.165) is 19.4 Å². The maximum atomic E-state index is 12.4. The fourth-order valence-corrected chi connectivity index (χ4v) is 2.70. The number of phenols is 1. The van der Waals surface area contributed by atoms with Gasteiger partial charge in [-0.3, -0.25) is 9.59 Å². The number of phenolic OH excluding ortho intramolecular Hbond substituents is 1. The van der Waals surface area contributed by atoms with Crippen molar-refractivity contribution >= 4 is 11.8 Å². The highest BCUT2D eigenvalue weighted by molar-refractivity contribution is 5.94. The van der Waals surface area contributed by atoms with Crippen LogP contribution in [0.4, 0.5) is 0 Å². The second kappa shape index (κ2) is 9.57. The van der Waals surface area contributed by atoms with Crippen molar-refractivity contribution in [3.63, 3.8) is 0 Å². The molecule has 0 aliphatic carbocycles. The Labute approximate surface area is 164 Å². The van der Waals surface area contributed by atoms with Gasteiger partial charge in [-0.25, -0.2) is 0 Å². The van der Waals surface area contributed by atoms with Crippen LogP contribution in [0.15, 0.2) is 36.3 Å². The van der Waals surface area contributed by atoms with Gasteiger partial charge in [-0.2, -0.15) is 0 Å². The molecule has 0 aromatic heterocycles. The maximum absolute atomic E-state index is 12.4. The highest BCUT2D eigenvalue weighted by atomic mass is 16.8. The summed E-state index contributed by atoms with van der Waals surface area (Å²) in [7, 11) is 0. The summed E-state index contributed by atoms with van der Waals surface area (Å²) in [6, 6.07) is 4.87. The van der Waals surface area contributed by atoms with Gasteiger partial charge in [0.1, 0.15) is 17.4 Å². The van der Waals surface area contributed by atoms with E-state index in [9.17, 15) is 19.8 Å². The zero-order valence-corrected chi connectivity index (χ0v) is 16.4. The number of aromatic hydroxyl groups is 1. The molecule has 1 aliphatic heterocycles. The van der Waals surface area contributed by atoms with Gasteiger partial charge in [0.05, 0.1) is 12.1 Å². The zero-order valence-electron chi connectivity index (χ0n) is 16.4. The van der Waals surface area contributed by atoms with Crippen LogP contribution in [0.2, 0.25) is 0 Å². The lowest BCUT2D eigenvalue weighted by molar-refractivity contribution is -0.146. The molecule has 1 fully saturated rings. The number of carboxylic acid groups (broad SMARTS) is 1. The minimum atomic E-state index is -1.12. The number of carbonyl (C=O) groups excluding carboxylic acids is 1. The van der Waals surface area contributed by atoms with Crippen LogP contribution in [-0.4, -0.2) is 46.2 Å². The number of aliphatic carboxylic acids is 1. The van der Waals surface area contributed by atoms with E-state index in [1.807, 2.05) is 0 Å². The van der Waals surface area contributed by atoms with Crippen molar-refractivity contribution in [1.29, 1.82) is 0 Å². The standard InChI is InChI=1S/C20H28N2O6/c1-20(2,3)27-18(12-17(24)15-5-4-10-21-15)28-22-16(19(25)26)11-13-6-8-14(23)9-7-13/h6-9,12,15-16,21-23H,4-5,10-11H2,1-3H3,(H,25,26)/t15-,16-/m0/s1. The van der Waals surface area contributed by atoms with E-state index < -0.39 is 17.6 Å². The molecule has 2 rings (SSSR count). The van der Waals surface area contributed by atoms with E-state index in [0.29, 0.717) is 5.56 Å². The number of rotatable bonds is 9. The Kier molecular flexibility index (Phi) is 7.42. The van der Waals surface area contributed by atoms with Gasteiger partial charge in [0.2, 0.25) is 0 Å². The molecule has 1 aromatic carbocycles. The molecule has 1 aliphatic rings. The van der Waals surface area contributed by atoms with Crippen LogP contribution in [0.25, 0.3) is 0 Å². The predicted octanol–water partition coefficient (Wildman–Crippen LogP) is 1.89. The number of carbonyl (C=O) groups is 2. The van der Waals surface area contributed by atoms with Gasteiger partial charge in [0, 0.05) is 6.42 Å². The largest absolute Gasteiger partial charge is 0.508 e. The van der Waals surface area contributed by atoms with E-state index in [1.54, 1.807) is 32.9 Å². The lowest BCUT2D eigenvalue weighted by Gasteiger charge is -2.24. The summed E-state index contributed by atoms with van der Waals surface area (Å²) in [5, 5.41) is 21.9. The first kappa shape index (κ1) is 21.7. The van der Waals surface area contributed by atoms with Crippen LogP contribution in [0.1, 0.15) is 39.2 Å². The average molecular weight is 392 g/mol. The highest BCUT2D eigenvalue weighted by Gasteiger charge is 2.25. The SMILES string of the molecule is CC(C)(C)OC(=CC(=O)[C@@H]1CCCN1)ON[C@@H](Cc1ccc(O)cc1)C(=O)O. The lowest BCUT2D eigenvalue weighted by Crippen LogP contribution is -2.39. The number of carboxylic acids is 1. The molecule has 0 amide bonds. The van der Waals surface area contributed by atoms with Crippen molar-refractivity contribution in [2.24, 2.45) is 0 Å². The van der Waals surface area contributed by atoms with Gasteiger partial charge in [0.15, 0.2) is 5.78 Å². The van der Waals surface area contributed by atoms with Gasteiger partial charge >= 0.3 is 11.9 Å². The van der Waals surface area contributed by atoms with Gasteiger partial charge in [-0.05, 0) is 57.9 Å². The number of nitrogens with one attached hydrogen (secondary N) is 2. The molecular formula is C20H28N2O6. The summed E-state index contributed by atoms with van der Waals surface area (Å²) in [6.07, 6.45) is 3.04. The molecule has 28 heavy (non-hydrogen) atoms. The van der Waals surface area contributed by atoms with Crippen LogP contribution in [0, 0.1) is 0 Å². The third kappa shape index (κ3) is 7.21. The first-order chi connectivity index (χ1) is 13.1. The number of benzene rings is 1. The van der Waals surface area contributed by atoms with Gasteiger partial charge < -0.3 is 25.1 Å². The third-order valence-electron chi connectivity index (χ3n) is 4.05. The second-order valence-corrected chi connectivity index (χ2v) is 7.71. The summed E-state index contributed by atoms with van der Waals surface area (Å²) in [6.45, 7) is 6.18. The van der Waals surface area contributed by atoms with Crippen LogP contribution in [-0.2, 0) is 25.6 Å². The summed E-state index contributed by atoms with van der Waals surface area (Å²) in [5.74, 6) is -1.28. The molecule has 2 atom stereocenters. The number of hydroxylamine groups is 1. The molecule has 4 N–H and O–H groups in total. The minimum absolute atomic E-state index is 0.0804.